The van der Waals surface area contributed by atoms with Crippen molar-refractivity contribution >= 4 is 28.6 Å². The average Bonchev–Trinajstić information content (AvgIpc) is 2.02. The van der Waals surface area contributed by atoms with Crippen LogP contribution in [0.1, 0.15) is 20.3 Å². The minimum Gasteiger partial charge on any atom is -0.478 e. The molecule has 0 aromatic rings. The summed E-state index contributed by atoms with van der Waals surface area (Å²) in [5.41, 5.74) is 0.740. The van der Waals surface area contributed by atoms with Crippen LogP contribution in [0, 0.1) is 0 Å². The second-order valence-electron chi connectivity index (χ2n) is 2.55. The Morgan fingerprint density at radius 2 is 2.15 bits per heavy atom. The van der Waals surface area contributed by atoms with Crippen molar-refractivity contribution in [1.82, 2.24) is 0 Å². The lowest BCUT2D eigenvalue weighted by molar-refractivity contribution is -0.131. The first-order chi connectivity index (χ1) is 6.06. The number of carboxylic acids is 1. The molecule has 0 aromatic carbocycles. The van der Waals surface area contributed by atoms with Crippen molar-refractivity contribution in [3.05, 3.63) is 33.5 Å². The van der Waals surface area contributed by atoms with Gasteiger partial charge in [-0.1, -0.05) is 25.2 Å². The lowest BCUT2D eigenvalue weighted by Crippen LogP contribution is -1.87. The van der Waals surface area contributed by atoms with E-state index in [9.17, 15) is 4.79 Å². The summed E-state index contributed by atoms with van der Waals surface area (Å²) in [7, 11) is 0. The second-order valence-corrected chi connectivity index (χ2v) is 3.94. The highest BCUT2D eigenvalue weighted by Gasteiger charge is 1.88. The summed E-state index contributed by atoms with van der Waals surface area (Å²) in [6.07, 6.45) is 7.80. The fraction of sp³-hybridized carbons (Fsp3) is 0.300. The molecule has 0 saturated carbocycles. The van der Waals surface area contributed by atoms with E-state index in [0.717, 1.165) is 12.0 Å². The molecule has 0 aliphatic carbocycles. The van der Waals surface area contributed by atoms with Gasteiger partial charge in [0.05, 0.1) is 0 Å². The van der Waals surface area contributed by atoms with Crippen LogP contribution in [0.25, 0.3) is 0 Å². The van der Waals surface area contributed by atoms with Crippen molar-refractivity contribution in [2.24, 2.45) is 0 Å². The van der Waals surface area contributed by atoms with Crippen molar-refractivity contribution in [1.29, 1.82) is 0 Å². The standard InChI is InChI=1S/C10H13IO2/c1-3-9(11)6-4-5-8(2)7-10(12)13/h4-7H,3H2,1-2H3,(H,12,13). The highest BCUT2D eigenvalue weighted by molar-refractivity contribution is 14.1. The Morgan fingerprint density at radius 3 is 2.62 bits per heavy atom. The second kappa shape index (κ2) is 6.88. The van der Waals surface area contributed by atoms with Gasteiger partial charge in [0.2, 0.25) is 0 Å². The molecule has 2 nitrogen and oxygen atoms in total. The quantitative estimate of drug-likeness (QED) is 0.490. The smallest absolute Gasteiger partial charge is 0.328 e. The van der Waals surface area contributed by atoms with Gasteiger partial charge in [-0.05, 0) is 45.1 Å². The number of halogens is 1. The third kappa shape index (κ3) is 7.77. The SMILES string of the molecule is CCC(I)=CC=CC(C)=CC(=O)O. The van der Waals surface area contributed by atoms with Crippen molar-refractivity contribution in [3.63, 3.8) is 0 Å². The first-order valence-corrected chi connectivity index (χ1v) is 5.08. The van der Waals surface area contributed by atoms with Crippen LogP contribution < -0.4 is 0 Å². The molecule has 1 N–H and O–H groups in total. The summed E-state index contributed by atoms with van der Waals surface area (Å²) >= 11 is 2.25. The molecule has 0 unspecified atom stereocenters. The molecule has 3 heteroatoms. The van der Waals surface area contributed by atoms with E-state index in [-0.39, 0.29) is 0 Å². The molecule has 0 fully saturated rings. The van der Waals surface area contributed by atoms with Crippen molar-refractivity contribution < 1.29 is 9.90 Å². The molecule has 0 bridgehead atoms. The minimum atomic E-state index is -0.906. The Morgan fingerprint density at radius 1 is 1.54 bits per heavy atom. The van der Waals surface area contributed by atoms with Crippen LogP contribution in [0.5, 0.6) is 0 Å². The molecule has 0 aliphatic rings. The maximum Gasteiger partial charge on any atom is 0.328 e. The zero-order valence-electron chi connectivity index (χ0n) is 7.75. The summed E-state index contributed by atoms with van der Waals surface area (Å²) in [6, 6.07) is 0. The maximum atomic E-state index is 10.2. The van der Waals surface area contributed by atoms with Crippen LogP contribution in [0.15, 0.2) is 33.5 Å². The van der Waals surface area contributed by atoms with Gasteiger partial charge in [0, 0.05) is 6.08 Å². The zero-order chi connectivity index (χ0) is 10.3. The normalized spacial score (nSPS) is 13.8. The van der Waals surface area contributed by atoms with E-state index >= 15 is 0 Å². The Balaban J connectivity index is 4.21. The predicted molar refractivity (Wildman–Crippen MR) is 62.9 cm³/mol. The molecule has 0 aromatic heterocycles. The van der Waals surface area contributed by atoms with Gasteiger partial charge < -0.3 is 5.11 Å². The molecule has 0 atom stereocenters. The summed E-state index contributed by atoms with van der Waals surface area (Å²) in [5.74, 6) is -0.906. The van der Waals surface area contributed by atoms with Gasteiger partial charge in [0.1, 0.15) is 0 Å². The van der Waals surface area contributed by atoms with Crippen molar-refractivity contribution in [2.45, 2.75) is 20.3 Å². The molecule has 0 heterocycles. The Hall–Kier alpha value is -0.580. The van der Waals surface area contributed by atoms with Gasteiger partial charge in [-0.15, -0.1) is 0 Å². The number of allylic oxidation sites excluding steroid dienone is 5. The van der Waals surface area contributed by atoms with E-state index < -0.39 is 5.97 Å². The fourth-order valence-corrected chi connectivity index (χ4v) is 0.873. The van der Waals surface area contributed by atoms with Crippen molar-refractivity contribution in [3.8, 4) is 0 Å². The number of aliphatic carboxylic acids is 1. The maximum absolute atomic E-state index is 10.2. The molecule has 0 radical (unpaired) electrons. The van der Waals surface area contributed by atoms with E-state index in [0.29, 0.717) is 0 Å². The molecule has 72 valence electrons. The zero-order valence-corrected chi connectivity index (χ0v) is 9.91. The molecule has 0 rings (SSSR count). The van der Waals surface area contributed by atoms with E-state index in [1.165, 1.54) is 9.66 Å². The summed E-state index contributed by atoms with van der Waals surface area (Å²) < 4.78 is 1.25. The van der Waals surface area contributed by atoms with Crippen LogP contribution in [-0.4, -0.2) is 11.1 Å². The summed E-state index contributed by atoms with van der Waals surface area (Å²) in [5, 5.41) is 8.41. The minimum absolute atomic E-state index is 0.740. The van der Waals surface area contributed by atoms with Crippen LogP contribution in [0.2, 0.25) is 0 Å². The molecular weight excluding hydrogens is 279 g/mol. The lowest BCUT2D eigenvalue weighted by atomic mass is 10.2. The Bertz CT molecular complexity index is 262. The average molecular weight is 292 g/mol. The first kappa shape index (κ1) is 12.4. The molecule has 0 aliphatic heterocycles. The Kier molecular flexibility index (Phi) is 6.58. The summed E-state index contributed by atoms with van der Waals surface area (Å²) in [4.78, 5) is 10.2. The van der Waals surface area contributed by atoms with Gasteiger partial charge in [-0.2, -0.15) is 0 Å². The van der Waals surface area contributed by atoms with Crippen LogP contribution in [-0.2, 0) is 4.79 Å². The van der Waals surface area contributed by atoms with E-state index in [4.69, 9.17) is 5.11 Å². The third-order valence-corrected chi connectivity index (χ3v) is 2.45. The highest BCUT2D eigenvalue weighted by Crippen LogP contribution is 2.09. The highest BCUT2D eigenvalue weighted by atomic mass is 127. The summed E-state index contributed by atoms with van der Waals surface area (Å²) in [6.45, 7) is 3.84. The van der Waals surface area contributed by atoms with Gasteiger partial charge in [0.25, 0.3) is 0 Å². The topological polar surface area (TPSA) is 37.3 Å². The number of hydrogen-bond donors (Lipinski definition) is 1. The Labute approximate surface area is 92.2 Å². The fourth-order valence-electron chi connectivity index (χ4n) is 0.665. The number of rotatable bonds is 4. The number of carbonyl (C=O) groups is 1. The number of hydrogen-bond acceptors (Lipinski definition) is 1. The monoisotopic (exact) mass is 292 g/mol. The van der Waals surface area contributed by atoms with Gasteiger partial charge in [-0.3, -0.25) is 0 Å². The van der Waals surface area contributed by atoms with Crippen molar-refractivity contribution in [2.75, 3.05) is 0 Å². The molecule has 0 spiro atoms. The van der Waals surface area contributed by atoms with Crippen LogP contribution in [0.4, 0.5) is 0 Å². The third-order valence-electron chi connectivity index (χ3n) is 1.33. The van der Waals surface area contributed by atoms with Gasteiger partial charge in [-0.25, -0.2) is 4.79 Å². The molecule has 13 heavy (non-hydrogen) atoms. The number of carboxylic acid groups (broad SMARTS) is 1. The van der Waals surface area contributed by atoms with E-state index in [2.05, 4.69) is 29.5 Å². The van der Waals surface area contributed by atoms with Crippen LogP contribution in [0.3, 0.4) is 0 Å². The van der Waals surface area contributed by atoms with E-state index in [1.807, 2.05) is 12.2 Å². The first-order valence-electron chi connectivity index (χ1n) is 4.00. The van der Waals surface area contributed by atoms with Gasteiger partial charge in [0.15, 0.2) is 0 Å². The van der Waals surface area contributed by atoms with Crippen LogP contribution >= 0.6 is 22.6 Å². The molecule has 0 saturated heterocycles. The lowest BCUT2D eigenvalue weighted by Gasteiger charge is -1.89. The largest absolute Gasteiger partial charge is 0.478 e. The van der Waals surface area contributed by atoms with Gasteiger partial charge >= 0.3 is 5.97 Å². The molecule has 0 amide bonds. The molecular formula is C10H13IO2. The van der Waals surface area contributed by atoms with E-state index in [1.54, 1.807) is 13.0 Å². The predicted octanol–water partition coefficient (Wildman–Crippen LogP) is 3.30.